The SMILES string of the molecule is C=C(C)/C=C(/F)C(=C)c1ccc(C#N)cc1. The van der Waals surface area contributed by atoms with Gasteiger partial charge in [-0.2, -0.15) is 5.26 Å². The van der Waals surface area contributed by atoms with E-state index in [4.69, 9.17) is 5.26 Å². The van der Waals surface area contributed by atoms with E-state index in [1.54, 1.807) is 31.2 Å². The van der Waals surface area contributed by atoms with Gasteiger partial charge < -0.3 is 0 Å². The number of hydrogen-bond donors (Lipinski definition) is 0. The third-order valence-corrected chi connectivity index (χ3v) is 2.02. The van der Waals surface area contributed by atoms with Crippen LogP contribution in [0.25, 0.3) is 5.57 Å². The lowest BCUT2D eigenvalue weighted by Crippen LogP contribution is -1.85. The molecule has 0 heterocycles. The number of halogens is 1. The fourth-order valence-corrected chi connectivity index (χ4v) is 1.19. The molecule has 80 valence electrons. The number of hydrogen-bond acceptors (Lipinski definition) is 1. The lowest BCUT2D eigenvalue weighted by atomic mass is 10.0. The predicted octanol–water partition coefficient (Wildman–Crippen LogP) is 4.00. The molecule has 1 nitrogen and oxygen atoms in total. The molecule has 16 heavy (non-hydrogen) atoms. The Morgan fingerprint density at radius 1 is 1.31 bits per heavy atom. The van der Waals surface area contributed by atoms with E-state index >= 15 is 0 Å². The van der Waals surface area contributed by atoms with E-state index in [9.17, 15) is 4.39 Å². The molecule has 0 spiro atoms. The molecule has 1 rings (SSSR count). The molecule has 0 aliphatic carbocycles. The molecule has 0 atom stereocenters. The summed E-state index contributed by atoms with van der Waals surface area (Å²) in [7, 11) is 0. The van der Waals surface area contributed by atoms with Crippen LogP contribution in [0, 0.1) is 11.3 Å². The Balaban J connectivity index is 2.98. The minimum Gasteiger partial charge on any atom is -0.206 e. The van der Waals surface area contributed by atoms with Gasteiger partial charge in [-0.1, -0.05) is 30.9 Å². The van der Waals surface area contributed by atoms with E-state index in [0.29, 0.717) is 22.3 Å². The summed E-state index contributed by atoms with van der Waals surface area (Å²) in [5, 5.41) is 8.63. The van der Waals surface area contributed by atoms with Crippen LogP contribution >= 0.6 is 0 Å². The summed E-state index contributed by atoms with van der Waals surface area (Å²) >= 11 is 0. The van der Waals surface area contributed by atoms with Crippen molar-refractivity contribution >= 4 is 5.57 Å². The number of nitrogens with zero attached hydrogens (tertiary/aromatic N) is 1. The van der Waals surface area contributed by atoms with Crippen LogP contribution in [0.3, 0.4) is 0 Å². The van der Waals surface area contributed by atoms with Gasteiger partial charge in [0.05, 0.1) is 11.6 Å². The first-order valence-corrected chi connectivity index (χ1v) is 4.77. The van der Waals surface area contributed by atoms with Gasteiger partial charge in [0.1, 0.15) is 5.83 Å². The quantitative estimate of drug-likeness (QED) is 0.696. The summed E-state index contributed by atoms with van der Waals surface area (Å²) in [5.41, 5.74) is 2.13. The maximum absolute atomic E-state index is 13.6. The number of nitriles is 1. The van der Waals surface area contributed by atoms with Crippen molar-refractivity contribution in [3.05, 3.63) is 66.0 Å². The van der Waals surface area contributed by atoms with Crippen LogP contribution in [-0.2, 0) is 0 Å². The molecule has 0 saturated heterocycles. The van der Waals surface area contributed by atoms with Crippen molar-refractivity contribution in [2.24, 2.45) is 0 Å². The normalized spacial score (nSPS) is 10.7. The molecule has 1 aromatic rings. The van der Waals surface area contributed by atoms with Crippen LogP contribution in [-0.4, -0.2) is 0 Å². The second kappa shape index (κ2) is 5.09. The van der Waals surface area contributed by atoms with Crippen molar-refractivity contribution in [1.82, 2.24) is 0 Å². The smallest absolute Gasteiger partial charge is 0.130 e. The Hall–Kier alpha value is -2.14. The van der Waals surface area contributed by atoms with Gasteiger partial charge in [-0.15, -0.1) is 0 Å². The summed E-state index contributed by atoms with van der Waals surface area (Å²) in [6.45, 7) is 8.98. The van der Waals surface area contributed by atoms with E-state index in [0.717, 1.165) is 0 Å². The standard InChI is InChI=1S/C14H12FN/c1-10(2)8-14(15)11(3)13-6-4-12(9-16)5-7-13/h4-8H,1,3H2,2H3/b14-8+. The maximum atomic E-state index is 13.6. The summed E-state index contributed by atoms with van der Waals surface area (Å²) in [5.74, 6) is -0.405. The van der Waals surface area contributed by atoms with E-state index in [1.165, 1.54) is 6.08 Å². The molecule has 0 amide bonds. The molecule has 0 unspecified atom stereocenters. The van der Waals surface area contributed by atoms with Gasteiger partial charge in [0.2, 0.25) is 0 Å². The van der Waals surface area contributed by atoms with Crippen molar-refractivity contribution in [2.45, 2.75) is 6.92 Å². The topological polar surface area (TPSA) is 23.8 Å². The summed E-state index contributed by atoms with van der Waals surface area (Å²) < 4.78 is 13.6. The molecular formula is C14H12FN. The zero-order valence-electron chi connectivity index (χ0n) is 9.13. The summed E-state index contributed by atoms with van der Waals surface area (Å²) in [4.78, 5) is 0. The molecular weight excluding hydrogens is 201 g/mol. The molecule has 0 N–H and O–H groups in total. The highest BCUT2D eigenvalue weighted by molar-refractivity contribution is 5.75. The number of allylic oxidation sites excluding steroid dienone is 4. The minimum atomic E-state index is -0.405. The van der Waals surface area contributed by atoms with Gasteiger partial charge in [-0.3, -0.25) is 0 Å². The van der Waals surface area contributed by atoms with Gasteiger partial charge in [0.15, 0.2) is 0 Å². The van der Waals surface area contributed by atoms with Crippen molar-refractivity contribution in [1.29, 1.82) is 5.26 Å². The van der Waals surface area contributed by atoms with Crippen LogP contribution in [0.15, 0.2) is 54.9 Å². The highest BCUT2D eigenvalue weighted by Gasteiger charge is 2.04. The highest BCUT2D eigenvalue weighted by Crippen LogP contribution is 2.23. The molecule has 1 aromatic carbocycles. The maximum Gasteiger partial charge on any atom is 0.130 e. The molecule has 0 aromatic heterocycles. The minimum absolute atomic E-state index is 0.299. The van der Waals surface area contributed by atoms with Gasteiger partial charge in [0, 0.05) is 5.57 Å². The average molecular weight is 213 g/mol. The molecule has 0 radical (unpaired) electrons. The first kappa shape index (κ1) is 11.9. The summed E-state index contributed by atoms with van der Waals surface area (Å²) in [6, 6.07) is 8.62. The van der Waals surface area contributed by atoms with Crippen molar-refractivity contribution in [2.75, 3.05) is 0 Å². The van der Waals surface area contributed by atoms with Crippen molar-refractivity contribution in [3.63, 3.8) is 0 Å². The Labute approximate surface area is 94.8 Å². The number of rotatable bonds is 3. The van der Waals surface area contributed by atoms with E-state index in [-0.39, 0.29) is 0 Å². The van der Waals surface area contributed by atoms with Gasteiger partial charge in [-0.25, -0.2) is 4.39 Å². The third kappa shape index (κ3) is 2.93. The molecule has 0 aliphatic rings. The van der Waals surface area contributed by atoms with Gasteiger partial charge in [0.25, 0.3) is 0 Å². The molecule has 0 aliphatic heterocycles. The monoisotopic (exact) mass is 213 g/mol. The number of benzene rings is 1. The average Bonchev–Trinajstić information content (AvgIpc) is 2.27. The Kier molecular flexibility index (Phi) is 3.79. The van der Waals surface area contributed by atoms with Gasteiger partial charge >= 0.3 is 0 Å². The zero-order valence-corrected chi connectivity index (χ0v) is 9.13. The lowest BCUT2D eigenvalue weighted by molar-refractivity contribution is 0.673. The predicted molar refractivity (Wildman–Crippen MR) is 64.2 cm³/mol. The fourth-order valence-electron chi connectivity index (χ4n) is 1.19. The Morgan fingerprint density at radius 3 is 2.31 bits per heavy atom. The Morgan fingerprint density at radius 2 is 1.88 bits per heavy atom. The van der Waals surface area contributed by atoms with E-state index < -0.39 is 5.83 Å². The molecule has 2 heteroatoms. The first-order chi connectivity index (χ1) is 7.54. The van der Waals surface area contributed by atoms with Crippen LogP contribution in [0.1, 0.15) is 18.1 Å². The van der Waals surface area contributed by atoms with Crippen LogP contribution in [0.4, 0.5) is 4.39 Å². The third-order valence-electron chi connectivity index (χ3n) is 2.02. The zero-order chi connectivity index (χ0) is 12.1. The molecule has 0 fully saturated rings. The first-order valence-electron chi connectivity index (χ1n) is 4.77. The van der Waals surface area contributed by atoms with Crippen molar-refractivity contribution in [3.8, 4) is 6.07 Å². The molecule has 0 bridgehead atoms. The summed E-state index contributed by atoms with van der Waals surface area (Å²) in [6.07, 6.45) is 1.33. The van der Waals surface area contributed by atoms with Crippen LogP contribution in [0.2, 0.25) is 0 Å². The van der Waals surface area contributed by atoms with E-state index in [2.05, 4.69) is 13.2 Å². The fraction of sp³-hybridized carbons (Fsp3) is 0.0714. The van der Waals surface area contributed by atoms with Crippen LogP contribution < -0.4 is 0 Å². The largest absolute Gasteiger partial charge is 0.206 e. The van der Waals surface area contributed by atoms with Gasteiger partial charge in [-0.05, 0) is 30.7 Å². The van der Waals surface area contributed by atoms with Crippen molar-refractivity contribution < 1.29 is 4.39 Å². The second-order valence-electron chi connectivity index (χ2n) is 3.51. The molecule has 0 saturated carbocycles. The van der Waals surface area contributed by atoms with E-state index in [1.807, 2.05) is 6.07 Å². The second-order valence-corrected chi connectivity index (χ2v) is 3.51. The van der Waals surface area contributed by atoms with Crippen LogP contribution in [0.5, 0.6) is 0 Å². The Bertz CT molecular complexity index is 486. The lowest BCUT2D eigenvalue weighted by Gasteiger charge is -2.03. The highest BCUT2D eigenvalue weighted by atomic mass is 19.1.